The zero-order valence-electron chi connectivity index (χ0n) is 23.4. The second-order valence-corrected chi connectivity index (χ2v) is 10.7. The van der Waals surface area contributed by atoms with Gasteiger partial charge in [-0.15, -0.1) is 0 Å². The molecule has 3 heteroatoms. The van der Waals surface area contributed by atoms with Crippen molar-refractivity contribution >= 4 is 21.8 Å². The van der Waals surface area contributed by atoms with Crippen molar-refractivity contribution in [2.75, 3.05) is 0 Å². The minimum Gasteiger partial charge on any atom is -0.309 e. The number of nitrogens with zero attached hydrogens (tertiary/aromatic N) is 3. The van der Waals surface area contributed by atoms with Crippen LogP contribution in [0.2, 0.25) is 0 Å². The molecule has 0 atom stereocenters. The van der Waals surface area contributed by atoms with Gasteiger partial charge in [0, 0.05) is 33.2 Å². The van der Waals surface area contributed by atoms with Gasteiger partial charge in [-0.2, -0.15) is 0 Å². The van der Waals surface area contributed by atoms with Crippen molar-refractivity contribution < 1.29 is 0 Å². The molecule has 0 aliphatic carbocycles. The first-order valence-corrected chi connectivity index (χ1v) is 14.5. The molecule has 0 fully saturated rings. The summed E-state index contributed by atoms with van der Waals surface area (Å²) in [5.74, 6) is 0.715. The first-order valence-electron chi connectivity index (χ1n) is 14.5. The Morgan fingerprint density at radius 3 is 1.33 bits per heavy atom. The van der Waals surface area contributed by atoms with Crippen molar-refractivity contribution in [1.29, 1.82) is 0 Å². The van der Waals surface area contributed by atoms with Gasteiger partial charge in [-0.05, 0) is 41.5 Å². The predicted octanol–water partition coefficient (Wildman–Crippen LogP) is 10.2. The maximum atomic E-state index is 5.04. The molecule has 0 unspecified atom stereocenters. The van der Waals surface area contributed by atoms with Crippen LogP contribution in [0.5, 0.6) is 0 Å². The molecular formula is C40H27N3. The Balaban J connectivity index is 1.22. The molecule has 202 valence electrons. The Bertz CT molecular complexity index is 2140. The van der Waals surface area contributed by atoms with Gasteiger partial charge >= 0.3 is 0 Å². The standard InChI is InChI=1S/C40H27N3/c1-3-11-28(12-4-1)29-19-21-30(22-20-29)36-27-37(42-40(41-36)32-13-5-2-6-14-32)31-23-25-33(26-24-31)43-38-17-9-7-15-34(38)35-16-8-10-18-39(35)43/h1-27H. The van der Waals surface area contributed by atoms with E-state index in [1.165, 1.54) is 32.9 Å². The lowest BCUT2D eigenvalue weighted by molar-refractivity contribution is 1.17. The molecule has 0 aliphatic rings. The fraction of sp³-hybridized carbons (Fsp3) is 0. The highest BCUT2D eigenvalue weighted by Gasteiger charge is 2.14. The van der Waals surface area contributed by atoms with Crippen LogP contribution >= 0.6 is 0 Å². The van der Waals surface area contributed by atoms with E-state index in [4.69, 9.17) is 9.97 Å². The smallest absolute Gasteiger partial charge is 0.160 e. The van der Waals surface area contributed by atoms with E-state index < -0.39 is 0 Å². The maximum absolute atomic E-state index is 5.04. The van der Waals surface area contributed by atoms with Gasteiger partial charge < -0.3 is 4.57 Å². The van der Waals surface area contributed by atoms with Crippen LogP contribution < -0.4 is 0 Å². The topological polar surface area (TPSA) is 30.7 Å². The highest BCUT2D eigenvalue weighted by atomic mass is 15.0. The van der Waals surface area contributed by atoms with Crippen molar-refractivity contribution in [2.45, 2.75) is 0 Å². The molecule has 2 heterocycles. The molecule has 0 saturated carbocycles. The third-order valence-corrected chi connectivity index (χ3v) is 8.05. The van der Waals surface area contributed by atoms with E-state index in [-0.39, 0.29) is 0 Å². The van der Waals surface area contributed by atoms with Crippen LogP contribution in [-0.4, -0.2) is 14.5 Å². The van der Waals surface area contributed by atoms with Gasteiger partial charge in [0.15, 0.2) is 5.82 Å². The molecule has 6 aromatic carbocycles. The largest absolute Gasteiger partial charge is 0.309 e. The van der Waals surface area contributed by atoms with E-state index in [1.54, 1.807) is 0 Å². The zero-order chi connectivity index (χ0) is 28.6. The van der Waals surface area contributed by atoms with Crippen molar-refractivity contribution in [3.8, 4) is 50.7 Å². The molecule has 8 rings (SSSR count). The number of hydrogen-bond acceptors (Lipinski definition) is 2. The Morgan fingerprint density at radius 2 is 0.767 bits per heavy atom. The molecule has 43 heavy (non-hydrogen) atoms. The van der Waals surface area contributed by atoms with Gasteiger partial charge in [-0.1, -0.05) is 133 Å². The van der Waals surface area contributed by atoms with E-state index in [2.05, 4.69) is 144 Å². The summed E-state index contributed by atoms with van der Waals surface area (Å²) in [4.78, 5) is 10.1. The van der Waals surface area contributed by atoms with E-state index in [9.17, 15) is 0 Å². The van der Waals surface area contributed by atoms with Gasteiger partial charge in [0.25, 0.3) is 0 Å². The summed E-state index contributed by atoms with van der Waals surface area (Å²) in [5, 5.41) is 2.52. The summed E-state index contributed by atoms with van der Waals surface area (Å²) in [7, 11) is 0. The normalized spacial score (nSPS) is 11.3. The lowest BCUT2D eigenvalue weighted by Crippen LogP contribution is -1.97. The predicted molar refractivity (Wildman–Crippen MR) is 178 cm³/mol. The van der Waals surface area contributed by atoms with E-state index in [0.717, 1.165) is 33.8 Å². The van der Waals surface area contributed by atoms with Gasteiger partial charge in [-0.3, -0.25) is 0 Å². The minimum atomic E-state index is 0.715. The van der Waals surface area contributed by atoms with Crippen molar-refractivity contribution in [1.82, 2.24) is 14.5 Å². The highest BCUT2D eigenvalue weighted by molar-refractivity contribution is 6.09. The maximum Gasteiger partial charge on any atom is 0.160 e. The first kappa shape index (κ1) is 25.0. The number of rotatable bonds is 5. The van der Waals surface area contributed by atoms with E-state index in [0.29, 0.717) is 5.82 Å². The molecule has 0 radical (unpaired) electrons. The fourth-order valence-electron chi connectivity index (χ4n) is 5.91. The summed E-state index contributed by atoms with van der Waals surface area (Å²) in [6.45, 7) is 0. The Kier molecular flexibility index (Phi) is 6.12. The molecule has 8 aromatic rings. The summed E-state index contributed by atoms with van der Waals surface area (Å²) >= 11 is 0. The Labute approximate surface area is 250 Å². The molecule has 3 nitrogen and oxygen atoms in total. The van der Waals surface area contributed by atoms with Gasteiger partial charge in [0.05, 0.1) is 22.4 Å². The molecule has 0 aliphatic heterocycles. The number of benzene rings is 6. The summed E-state index contributed by atoms with van der Waals surface area (Å²) in [6.07, 6.45) is 0. The highest BCUT2D eigenvalue weighted by Crippen LogP contribution is 2.33. The first-order chi connectivity index (χ1) is 21.3. The number of aromatic nitrogens is 3. The van der Waals surface area contributed by atoms with Crippen LogP contribution in [0.25, 0.3) is 72.5 Å². The van der Waals surface area contributed by atoms with Crippen LogP contribution in [0.4, 0.5) is 0 Å². The van der Waals surface area contributed by atoms with Crippen LogP contribution in [0.1, 0.15) is 0 Å². The summed E-state index contributed by atoms with van der Waals surface area (Å²) in [6, 6.07) is 57.3. The Hall–Kier alpha value is -5.80. The molecule has 2 aromatic heterocycles. The number of hydrogen-bond donors (Lipinski definition) is 0. The average Bonchev–Trinajstić information content (AvgIpc) is 3.43. The SMILES string of the molecule is c1ccc(-c2ccc(-c3cc(-c4ccc(-n5c6ccccc6c6ccccc65)cc4)nc(-c4ccccc4)n3)cc2)cc1. The van der Waals surface area contributed by atoms with Gasteiger partial charge in [0.2, 0.25) is 0 Å². The number of fused-ring (bicyclic) bond motifs is 3. The quantitative estimate of drug-likeness (QED) is 0.214. The van der Waals surface area contributed by atoms with E-state index >= 15 is 0 Å². The van der Waals surface area contributed by atoms with Crippen molar-refractivity contribution in [3.05, 3.63) is 164 Å². The zero-order valence-corrected chi connectivity index (χ0v) is 23.4. The van der Waals surface area contributed by atoms with Crippen LogP contribution in [-0.2, 0) is 0 Å². The third kappa shape index (κ3) is 4.58. The monoisotopic (exact) mass is 549 g/mol. The average molecular weight is 550 g/mol. The van der Waals surface area contributed by atoms with Gasteiger partial charge in [-0.25, -0.2) is 9.97 Å². The second-order valence-electron chi connectivity index (χ2n) is 10.7. The molecule has 0 N–H and O–H groups in total. The molecule has 0 amide bonds. The van der Waals surface area contributed by atoms with Crippen LogP contribution in [0.3, 0.4) is 0 Å². The van der Waals surface area contributed by atoms with Gasteiger partial charge in [0.1, 0.15) is 0 Å². The third-order valence-electron chi connectivity index (χ3n) is 8.05. The fourth-order valence-corrected chi connectivity index (χ4v) is 5.91. The Morgan fingerprint density at radius 1 is 0.349 bits per heavy atom. The van der Waals surface area contributed by atoms with Crippen molar-refractivity contribution in [3.63, 3.8) is 0 Å². The summed E-state index contributed by atoms with van der Waals surface area (Å²) in [5.41, 5.74) is 10.8. The molecule has 0 bridgehead atoms. The molecule has 0 saturated heterocycles. The summed E-state index contributed by atoms with van der Waals surface area (Å²) < 4.78 is 2.34. The second kappa shape index (κ2) is 10.6. The lowest BCUT2D eigenvalue weighted by atomic mass is 10.0. The van der Waals surface area contributed by atoms with Crippen molar-refractivity contribution in [2.24, 2.45) is 0 Å². The van der Waals surface area contributed by atoms with Crippen LogP contribution in [0, 0.1) is 0 Å². The minimum absolute atomic E-state index is 0.715. The molecular weight excluding hydrogens is 522 g/mol. The number of para-hydroxylation sites is 2. The molecule has 0 spiro atoms. The van der Waals surface area contributed by atoms with Crippen LogP contribution in [0.15, 0.2) is 164 Å². The lowest BCUT2D eigenvalue weighted by Gasteiger charge is -2.12. The van der Waals surface area contributed by atoms with E-state index in [1.807, 2.05) is 24.3 Å².